The van der Waals surface area contributed by atoms with Crippen LogP contribution in [0.25, 0.3) is 0 Å². The van der Waals surface area contributed by atoms with E-state index in [4.69, 9.17) is 0 Å². The Labute approximate surface area is 132 Å². The first-order valence-corrected chi connectivity index (χ1v) is 8.75. The fourth-order valence-electron chi connectivity index (χ4n) is 2.72. The number of hydrogen-bond acceptors (Lipinski definition) is 4. The molecule has 1 fully saturated rings. The Morgan fingerprint density at radius 3 is 2.48 bits per heavy atom. The van der Waals surface area contributed by atoms with Crippen LogP contribution in [0.2, 0.25) is 0 Å². The van der Waals surface area contributed by atoms with Gasteiger partial charge in [-0.25, -0.2) is 0 Å². The molecule has 1 amide bonds. The summed E-state index contributed by atoms with van der Waals surface area (Å²) < 4.78 is 0. The molecule has 2 heterocycles. The fraction of sp³-hybridized carbons (Fsp3) is 0.688. The highest BCUT2D eigenvalue weighted by Crippen LogP contribution is 2.25. The van der Waals surface area contributed by atoms with Gasteiger partial charge in [0.05, 0.1) is 12.6 Å². The number of amides is 1. The molecule has 0 radical (unpaired) electrons. The molecular weight excluding hydrogens is 282 g/mol. The molecule has 1 atom stereocenters. The van der Waals surface area contributed by atoms with Gasteiger partial charge in [-0.05, 0) is 23.9 Å². The van der Waals surface area contributed by atoms with Gasteiger partial charge in [0, 0.05) is 31.1 Å². The second-order valence-corrected chi connectivity index (χ2v) is 6.99. The van der Waals surface area contributed by atoms with E-state index in [1.165, 1.54) is 4.88 Å². The van der Waals surface area contributed by atoms with Gasteiger partial charge < -0.3 is 10.2 Å². The van der Waals surface area contributed by atoms with Crippen LogP contribution in [0.1, 0.15) is 31.7 Å². The van der Waals surface area contributed by atoms with Crippen LogP contribution < -0.4 is 5.32 Å². The summed E-state index contributed by atoms with van der Waals surface area (Å²) >= 11 is 1.72. The van der Waals surface area contributed by atoms with Crippen LogP contribution in [0.4, 0.5) is 0 Å². The highest BCUT2D eigenvalue weighted by atomic mass is 32.1. The fourth-order valence-corrected chi connectivity index (χ4v) is 3.67. The number of nitrogens with zero attached hydrogens (tertiary/aromatic N) is 2. The average Bonchev–Trinajstić information content (AvgIpc) is 2.99. The summed E-state index contributed by atoms with van der Waals surface area (Å²) in [6.07, 6.45) is 0. The Hall–Kier alpha value is -0.910. The molecule has 0 spiro atoms. The van der Waals surface area contributed by atoms with Crippen LogP contribution in [0, 0.1) is 5.92 Å². The van der Waals surface area contributed by atoms with Crippen molar-refractivity contribution in [1.29, 1.82) is 0 Å². The highest BCUT2D eigenvalue weighted by molar-refractivity contribution is 7.10. The summed E-state index contributed by atoms with van der Waals surface area (Å²) in [6, 6.07) is 4.29. The third kappa shape index (κ3) is 4.80. The molecule has 0 aromatic carbocycles. The normalized spacial score (nSPS) is 18.9. The predicted molar refractivity (Wildman–Crippen MR) is 88.6 cm³/mol. The van der Waals surface area contributed by atoms with Crippen LogP contribution in [0.5, 0.6) is 0 Å². The molecule has 1 saturated heterocycles. The van der Waals surface area contributed by atoms with Crippen molar-refractivity contribution in [1.82, 2.24) is 15.1 Å². The number of piperazine rings is 1. The van der Waals surface area contributed by atoms with Gasteiger partial charge in [0.25, 0.3) is 0 Å². The van der Waals surface area contributed by atoms with Crippen LogP contribution in [0.15, 0.2) is 17.5 Å². The largest absolute Gasteiger partial charge is 0.347 e. The zero-order chi connectivity index (χ0) is 15.2. The average molecular weight is 309 g/mol. The van der Waals surface area contributed by atoms with Gasteiger partial charge in [0.1, 0.15) is 0 Å². The lowest BCUT2D eigenvalue weighted by Crippen LogP contribution is -2.49. The maximum Gasteiger partial charge on any atom is 0.234 e. The lowest BCUT2D eigenvalue weighted by molar-refractivity contribution is -0.123. The van der Waals surface area contributed by atoms with E-state index < -0.39 is 0 Å². The molecule has 1 N–H and O–H groups in total. The standard InChI is InChI=1S/C16H27N3OS/c1-4-18-7-9-19(10-8-18)12-15(20)17-16(13(2)3)14-6-5-11-21-14/h5-6,11,13,16H,4,7-10,12H2,1-3H3,(H,17,20)/t16-/m1/s1. The summed E-state index contributed by atoms with van der Waals surface area (Å²) in [4.78, 5) is 18.2. The maximum atomic E-state index is 12.3. The van der Waals surface area contributed by atoms with Crippen molar-refractivity contribution in [2.24, 2.45) is 5.92 Å². The Bertz CT molecular complexity index is 425. The second kappa shape index (κ2) is 7.92. The Morgan fingerprint density at radius 1 is 1.29 bits per heavy atom. The van der Waals surface area contributed by atoms with Gasteiger partial charge in [-0.1, -0.05) is 26.8 Å². The van der Waals surface area contributed by atoms with Crippen molar-refractivity contribution < 1.29 is 4.79 Å². The van der Waals surface area contributed by atoms with Crippen molar-refractivity contribution in [3.63, 3.8) is 0 Å². The zero-order valence-corrected chi connectivity index (χ0v) is 14.2. The van der Waals surface area contributed by atoms with Crippen molar-refractivity contribution in [2.45, 2.75) is 26.8 Å². The first-order valence-electron chi connectivity index (χ1n) is 7.87. The molecule has 21 heavy (non-hydrogen) atoms. The molecule has 4 nitrogen and oxygen atoms in total. The second-order valence-electron chi connectivity index (χ2n) is 6.02. The third-order valence-corrected chi connectivity index (χ3v) is 5.07. The molecule has 0 saturated carbocycles. The quantitative estimate of drug-likeness (QED) is 0.875. The minimum atomic E-state index is 0.134. The van der Waals surface area contributed by atoms with Crippen LogP contribution >= 0.6 is 11.3 Å². The highest BCUT2D eigenvalue weighted by Gasteiger charge is 2.22. The number of nitrogens with one attached hydrogen (secondary N) is 1. The monoisotopic (exact) mass is 309 g/mol. The first-order chi connectivity index (χ1) is 10.1. The summed E-state index contributed by atoms with van der Waals surface area (Å²) in [5, 5.41) is 5.28. The Kier molecular flexibility index (Phi) is 6.21. The summed E-state index contributed by atoms with van der Waals surface area (Å²) in [5.41, 5.74) is 0. The molecule has 5 heteroatoms. The summed E-state index contributed by atoms with van der Waals surface area (Å²) in [5.74, 6) is 0.552. The van der Waals surface area contributed by atoms with E-state index >= 15 is 0 Å². The molecule has 1 aromatic heterocycles. The topological polar surface area (TPSA) is 35.6 Å². The van der Waals surface area contributed by atoms with Gasteiger partial charge in [-0.3, -0.25) is 9.69 Å². The van der Waals surface area contributed by atoms with E-state index in [-0.39, 0.29) is 11.9 Å². The van der Waals surface area contributed by atoms with Gasteiger partial charge in [0.2, 0.25) is 5.91 Å². The van der Waals surface area contributed by atoms with Gasteiger partial charge >= 0.3 is 0 Å². The predicted octanol–water partition coefficient (Wildman–Crippen LogP) is 2.20. The number of hydrogen-bond donors (Lipinski definition) is 1. The molecule has 0 aliphatic carbocycles. The van der Waals surface area contributed by atoms with Crippen LogP contribution in [0.3, 0.4) is 0 Å². The van der Waals surface area contributed by atoms with Gasteiger partial charge in [-0.2, -0.15) is 0 Å². The number of carbonyl (C=O) groups is 1. The zero-order valence-electron chi connectivity index (χ0n) is 13.3. The Balaban J connectivity index is 1.83. The van der Waals surface area contributed by atoms with E-state index in [0.29, 0.717) is 12.5 Å². The molecule has 0 bridgehead atoms. The SMILES string of the molecule is CCN1CCN(CC(=O)N[C@@H](c2cccs2)C(C)C)CC1. The minimum Gasteiger partial charge on any atom is -0.347 e. The summed E-state index contributed by atoms with van der Waals surface area (Å²) in [6.45, 7) is 12.3. The van der Waals surface area contributed by atoms with Gasteiger partial charge in [-0.15, -0.1) is 11.3 Å². The lowest BCUT2D eigenvalue weighted by atomic mass is 10.0. The number of rotatable bonds is 6. The van der Waals surface area contributed by atoms with E-state index in [1.807, 2.05) is 6.07 Å². The minimum absolute atomic E-state index is 0.134. The van der Waals surface area contributed by atoms with E-state index in [0.717, 1.165) is 32.7 Å². The lowest BCUT2D eigenvalue weighted by Gasteiger charge is -2.34. The number of likely N-dealkylation sites (N-methyl/N-ethyl adjacent to an activating group) is 1. The smallest absolute Gasteiger partial charge is 0.234 e. The third-order valence-electron chi connectivity index (χ3n) is 4.11. The van der Waals surface area contributed by atoms with Crippen molar-refractivity contribution in [3.8, 4) is 0 Å². The molecule has 2 rings (SSSR count). The number of carbonyl (C=O) groups excluding carboxylic acids is 1. The van der Waals surface area contributed by atoms with Crippen molar-refractivity contribution in [3.05, 3.63) is 22.4 Å². The number of thiophene rings is 1. The maximum absolute atomic E-state index is 12.3. The van der Waals surface area contributed by atoms with Crippen LogP contribution in [-0.4, -0.2) is 55.0 Å². The molecule has 1 aromatic rings. The van der Waals surface area contributed by atoms with Crippen LogP contribution in [-0.2, 0) is 4.79 Å². The first kappa shape index (κ1) is 16.5. The van der Waals surface area contributed by atoms with Crippen molar-refractivity contribution >= 4 is 17.2 Å². The molecule has 118 valence electrons. The summed E-state index contributed by atoms with van der Waals surface area (Å²) in [7, 11) is 0. The Morgan fingerprint density at radius 2 is 1.95 bits per heavy atom. The van der Waals surface area contributed by atoms with Gasteiger partial charge in [0.15, 0.2) is 0 Å². The molecule has 1 aliphatic heterocycles. The molecule has 1 aliphatic rings. The molecule has 0 unspecified atom stereocenters. The molecular formula is C16H27N3OS. The van der Waals surface area contributed by atoms with E-state index in [2.05, 4.69) is 47.3 Å². The van der Waals surface area contributed by atoms with E-state index in [1.54, 1.807) is 11.3 Å². The van der Waals surface area contributed by atoms with E-state index in [9.17, 15) is 4.79 Å². The van der Waals surface area contributed by atoms with Crippen molar-refractivity contribution in [2.75, 3.05) is 39.3 Å².